The van der Waals surface area contributed by atoms with Crippen LogP contribution in [-0.4, -0.2) is 529 Å². The van der Waals surface area contributed by atoms with E-state index in [0.29, 0.717) is 0 Å². The quantitative estimate of drug-likeness (QED) is 0.0290. The number of hydrogen-bond acceptors (Lipinski definition) is 50. The normalized spacial score (nSPS) is 47.8. The predicted octanol–water partition coefficient (Wildman–Crippen LogP) is -20.9. The van der Waals surface area contributed by atoms with Gasteiger partial charge in [0.05, 0.1) is 65.6 Å². The van der Waals surface area contributed by atoms with Crippen molar-refractivity contribution < 1.29 is 246 Å². The van der Waals surface area contributed by atoms with E-state index in [1.165, 1.54) is 6.92 Å². The van der Waals surface area contributed by atoms with E-state index >= 15 is 0 Å². The molecular formula is C72H120N6O50. The lowest BCUT2D eigenvalue weighted by atomic mass is 9.93. The Morgan fingerprint density at radius 3 is 0.852 bits per heavy atom. The molecule has 0 spiro atoms. The van der Waals surface area contributed by atoms with Crippen LogP contribution in [0.15, 0.2) is 0 Å². The van der Waals surface area contributed by atoms with Crippen LogP contribution < -0.4 is 31.9 Å². The van der Waals surface area contributed by atoms with Gasteiger partial charge < -0.3 is 250 Å². The van der Waals surface area contributed by atoms with Gasteiger partial charge in [0.2, 0.25) is 35.4 Å². The van der Waals surface area contributed by atoms with Gasteiger partial charge in [-0.2, -0.15) is 0 Å². The summed E-state index contributed by atoms with van der Waals surface area (Å²) in [4.78, 5) is 76.8. The number of carbonyl (C=O) groups excluding carboxylic acids is 6. The van der Waals surface area contributed by atoms with Crippen molar-refractivity contribution in [1.82, 2.24) is 31.9 Å². The molecule has 6 amide bonds. The Hall–Kier alpha value is -4.94. The second-order valence-corrected chi connectivity index (χ2v) is 32.5. The summed E-state index contributed by atoms with van der Waals surface area (Å²) < 4.78 is 114. The molecule has 128 heavy (non-hydrogen) atoms. The summed E-state index contributed by atoms with van der Waals surface area (Å²) in [6.45, 7) is -2.88. The second kappa shape index (κ2) is 46.1. The number of carbonyl (C=O) groups is 6. The van der Waals surface area contributed by atoms with Gasteiger partial charge in [0, 0.05) is 41.5 Å². The van der Waals surface area contributed by atoms with E-state index in [1.54, 1.807) is 0 Å². The number of aliphatic hydroxyl groups excluding tert-OH is 25. The molecule has 0 bridgehead atoms. The van der Waals surface area contributed by atoms with Gasteiger partial charge in [-0.3, -0.25) is 28.8 Å². The first-order chi connectivity index (χ1) is 60.5. The third-order valence-corrected chi connectivity index (χ3v) is 23.2. The molecule has 10 saturated heterocycles. The maximum absolute atomic E-state index is 13.3. The zero-order valence-corrected chi connectivity index (χ0v) is 69.6. The Morgan fingerprint density at radius 1 is 0.219 bits per heavy atom. The molecule has 50 atom stereocenters. The maximum Gasteiger partial charge on any atom is 0.217 e. The summed E-state index contributed by atoms with van der Waals surface area (Å²) >= 11 is 0. The van der Waals surface area contributed by atoms with Crippen LogP contribution in [0, 0.1) is 0 Å². The van der Waals surface area contributed by atoms with Gasteiger partial charge in [0.15, 0.2) is 62.9 Å². The molecular weight excluding hydrogens is 1750 g/mol. The lowest BCUT2D eigenvalue weighted by Crippen LogP contribution is -2.71. The minimum absolute atomic E-state index is 0.812. The molecule has 0 saturated carbocycles. The molecule has 10 unspecified atom stereocenters. The average molecular weight is 1870 g/mol. The van der Waals surface area contributed by atoms with E-state index in [0.717, 1.165) is 41.5 Å². The molecule has 10 rings (SSSR count). The highest BCUT2D eigenvalue weighted by molar-refractivity contribution is 5.75. The monoisotopic (exact) mass is 1870 g/mol. The highest BCUT2D eigenvalue weighted by atomic mass is 16.8. The summed E-state index contributed by atoms with van der Waals surface area (Å²) in [7, 11) is 0. The lowest BCUT2D eigenvalue weighted by Gasteiger charge is -2.51. The fourth-order valence-corrected chi connectivity index (χ4v) is 16.6. The highest BCUT2D eigenvalue weighted by Gasteiger charge is 2.62. The Balaban J connectivity index is 0.993. The lowest BCUT2D eigenvalue weighted by molar-refractivity contribution is -0.398. The van der Waals surface area contributed by atoms with E-state index in [4.69, 9.17) is 90.0 Å². The topological polar surface area (TPSA) is 856 Å². The molecule has 738 valence electrons. The van der Waals surface area contributed by atoms with Crippen LogP contribution in [0.2, 0.25) is 0 Å². The van der Waals surface area contributed by atoms with E-state index in [9.17, 15) is 156 Å². The summed E-state index contributed by atoms with van der Waals surface area (Å²) in [5, 5.41) is 297. The van der Waals surface area contributed by atoms with Crippen molar-refractivity contribution in [3.8, 4) is 0 Å². The fourth-order valence-electron chi connectivity index (χ4n) is 16.6. The fraction of sp³-hybridized carbons (Fsp3) is 0.917. The van der Waals surface area contributed by atoms with E-state index in [-0.39, 0.29) is 0 Å². The predicted molar refractivity (Wildman–Crippen MR) is 398 cm³/mol. The largest absolute Gasteiger partial charge is 0.394 e. The third-order valence-electron chi connectivity index (χ3n) is 23.2. The van der Waals surface area contributed by atoms with E-state index in [1.807, 2.05) is 0 Å². The van der Waals surface area contributed by atoms with Crippen LogP contribution in [0.5, 0.6) is 0 Å². The third kappa shape index (κ3) is 23.8. The van der Waals surface area contributed by atoms with Crippen LogP contribution in [-0.2, 0) is 119 Å². The van der Waals surface area contributed by atoms with Gasteiger partial charge in [-0.05, 0) is 6.92 Å². The molecule has 0 aromatic rings. The molecule has 0 radical (unpaired) electrons. The highest BCUT2D eigenvalue weighted by Crippen LogP contribution is 2.41. The average Bonchev–Trinajstić information content (AvgIpc) is 0.762. The first-order valence-corrected chi connectivity index (χ1v) is 41.0. The second-order valence-electron chi connectivity index (χ2n) is 32.5. The zero-order valence-electron chi connectivity index (χ0n) is 69.6. The van der Waals surface area contributed by atoms with Crippen molar-refractivity contribution in [2.24, 2.45) is 0 Å². The van der Waals surface area contributed by atoms with Crippen LogP contribution in [0.25, 0.3) is 0 Å². The SMILES string of the molecule is CC(=O)N[C@H]1C(O[C@H]2[C@H](O)[C@@H](NC(C)=O)C(O[C@@H]3C(OC[C@H]4OC(O[C@H]5[C@H](O)[C@@H](NC(C)=O)C(O[C@H]6[C@H](O)[C@@H](NC(C)=O)C(O)O[C@@H]6COC6O[C@@H](C)[C@@H](O)[C@@H](O)[C@@H]6O)O[C@@H]5CO)[C@@H](O)[C@@H](OC5O[C@H](CO)[C@@H](O)[C@H](O)[C@@H]5OC5O[C@H](CO)[C@@H](OC6O[C@H](CO)[C@H](O)[C@H](O)[C@H]6NC(C)=O)[C@H](O)[C@H]5NC(C)=O)[C@@H]4O)O[C@H](CO)[C@@H](O)[C@@H]3O)O[C@@H]2CO)O[C@H](CO)[C@H](O)[C@@H]1O. The number of hydrogen-bond donors (Lipinski definition) is 31. The van der Waals surface area contributed by atoms with Crippen molar-refractivity contribution >= 4 is 35.4 Å². The molecule has 10 aliphatic rings. The molecule has 0 aliphatic carbocycles. The number of ether oxygens (including phenoxy) is 19. The van der Waals surface area contributed by atoms with Gasteiger partial charge in [-0.15, -0.1) is 0 Å². The molecule has 10 fully saturated rings. The Kier molecular flexibility index (Phi) is 37.8. The number of rotatable bonds is 33. The Bertz CT molecular complexity index is 3550. The minimum Gasteiger partial charge on any atom is -0.394 e. The number of aliphatic hydroxyl groups is 25. The Labute approximate surface area is 726 Å². The van der Waals surface area contributed by atoms with E-state index in [2.05, 4.69) is 31.9 Å². The van der Waals surface area contributed by atoms with Gasteiger partial charge in [-0.25, -0.2) is 0 Å². The van der Waals surface area contributed by atoms with Gasteiger partial charge in [-0.1, -0.05) is 0 Å². The molecule has 56 nitrogen and oxygen atoms in total. The van der Waals surface area contributed by atoms with Gasteiger partial charge in [0.1, 0.15) is 238 Å². The van der Waals surface area contributed by atoms with Gasteiger partial charge >= 0.3 is 0 Å². The standard InChI is InChI=1S/C72H120N6O50/c1-17-39(92)51(104)54(107)69(112-17)110-16-32-59(47(100)33(63(109)113-32)73-18(2)86)124-66-36(76-21(5)89)50(103)58(30(14-85)118-66)125-70-55(108)60(126-72-62(53(106)43(96)27(11-82)117-72)128-68-38(78-23(7)91)49(102)57(29(13-84)120-68)123-65-35(75-20(4)88)46(99)41(94)25(9-80)115-65)44(97)31(121-70)15-111-71-61(52(105)42(95)26(10-81)116-71)127-67-37(77-22(6)90)48(101)56(28(12-83)119-67)122-64-34(74-19(3)87)45(98)40(93)24(8-79)114-64/h17,24-72,79-85,92-109H,8-16H2,1-7H3,(H,73,86)(H,74,87)(H,75,88)(H,76,89)(H,77,90)(H,78,91)/t17-,24+,25+,26+,27+,28+,29+,30+,31+,32+,33+,34+,35+,36+,37+,38+,39+,40-,41-,42+,43+,44+,45+,46+,47+,48+,49+,50+,51+,52-,53-,54-,55-,56+,57+,58+,59+,60-,61-,62-,63?,64?,65?,66?,67?,68?,69?,70?,71?,72?/m0/s1. The summed E-state index contributed by atoms with van der Waals surface area (Å²) in [6.07, 6.45) is -90.9. The van der Waals surface area contributed by atoms with Crippen LogP contribution in [0.4, 0.5) is 0 Å². The van der Waals surface area contributed by atoms with Crippen LogP contribution >= 0.6 is 0 Å². The zero-order chi connectivity index (χ0) is 94.4. The Morgan fingerprint density at radius 2 is 0.484 bits per heavy atom. The first kappa shape index (κ1) is 105. The maximum atomic E-state index is 13.3. The molecule has 0 aromatic heterocycles. The van der Waals surface area contributed by atoms with Crippen molar-refractivity contribution in [3.63, 3.8) is 0 Å². The van der Waals surface area contributed by atoms with Gasteiger partial charge in [0.25, 0.3) is 0 Å². The van der Waals surface area contributed by atoms with Crippen molar-refractivity contribution in [2.45, 2.75) is 355 Å². The molecule has 10 aliphatic heterocycles. The minimum atomic E-state index is -2.64. The smallest absolute Gasteiger partial charge is 0.217 e. The van der Waals surface area contributed by atoms with Crippen molar-refractivity contribution in [2.75, 3.05) is 59.5 Å². The van der Waals surface area contributed by atoms with Crippen molar-refractivity contribution in [1.29, 1.82) is 0 Å². The molecule has 31 N–H and O–H groups in total. The van der Waals surface area contributed by atoms with Crippen molar-refractivity contribution in [3.05, 3.63) is 0 Å². The summed E-state index contributed by atoms with van der Waals surface area (Å²) in [5.74, 6) is -5.41. The van der Waals surface area contributed by atoms with Crippen LogP contribution in [0.3, 0.4) is 0 Å². The molecule has 56 heteroatoms. The first-order valence-electron chi connectivity index (χ1n) is 41.0. The van der Waals surface area contributed by atoms with E-state index < -0.39 is 402 Å². The van der Waals surface area contributed by atoms with Crippen LogP contribution in [0.1, 0.15) is 48.5 Å². The molecule has 10 heterocycles. The summed E-state index contributed by atoms with van der Waals surface area (Å²) in [5.41, 5.74) is 0. The number of nitrogens with one attached hydrogen (secondary N) is 6. The molecule has 0 aromatic carbocycles. The number of amides is 6. The summed E-state index contributed by atoms with van der Waals surface area (Å²) in [6, 6.07) is -11.1.